The summed E-state index contributed by atoms with van der Waals surface area (Å²) in [5.41, 5.74) is -0.0756. The van der Waals surface area contributed by atoms with Crippen LogP contribution in [0.25, 0.3) is 0 Å². The summed E-state index contributed by atoms with van der Waals surface area (Å²) in [5, 5.41) is 21.8. The second-order valence-electron chi connectivity index (χ2n) is 4.17. The lowest BCUT2D eigenvalue weighted by Gasteiger charge is -2.34. The Labute approximate surface area is 99.0 Å². The summed E-state index contributed by atoms with van der Waals surface area (Å²) in [5.74, 6) is -0.893. The van der Waals surface area contributed by atoms with Crippen molar-refractivity contribution < 1.29 is 19.7 Å². The van der Waals surface area contributed by atoms with E-state index in [-0.39, 0.29) is 29.2 Å². The van der Waals surface area contributed by atoms with Crippen molar-refractivity contribution in [3.8, 4) is 11.5 Å². The number of hydrogen-bond donors (Lipinski definition) is 3. The second-order valence-corrected chi connectivity index (χ2v) is 4.17. The third-order valence-corrected chi connectivity index (χ3v) is 3.01. The Morgan fingerprint density at radius 1 is 1.35 bits per heavy atom. The largest absolute Gasteiger partial charge is 0.507 e. The lowest BCUT2D eigenvalue weighted by atomic mass is 9.89. The van der Waals surface area contributed by atoms with Crippen molar-refractivity contribution in [2.45, 2.75) is 25.0 Å². The van der Waals surface area contributed by atoms with Gasteiger partial charge in [-0.15, -0.1) is 0 Å². The van der Waals surface area contributed by atoms with Gasteiger partial charge < -0.3 is 20.3 Å². The number of aromatic hydroxyl groups is 2. The second kappa shape index (κ2) is 4.63. The molecule has 5 nitrogen and oxygen atoms in total. The van der Waals surface area contributed by atoms with Crippen molar-refractivity contribution in [1.29, 1.82) is 0 Å². The molecule has 2 rings (SSSR count). The molecule has 1 aliphatic rings. The van der Waals surface area contributed by atoms with Crippen LogP contribution in [0, 0.1) is 0 Å². The van der Waals surface area contributed by atoms with Crippen molar-refractivity contribution in [2.75, 3.05) is 7.11 Å². The van der Waals surface area contributed by atoms with Gasteiger partial charge in [0.05, 0.1) is 6.10 Å². The first-order chi connectivity index (χ1) is 8.11. The minimum absolute atomic E-state index is 0.0476. The molecule has 1 aromatic carbocycles. The van der Waals surface area contributed by atoms with Crippen molar-refractivity contribution in [1.82, 2.24) is 5.32 Å². The SMILES string of the molecule is COC1CC(NC(=O)c2c(O)cccc2O)C1. The number of rotatable bonds is 3. The average molecular weight is 237 g/mol. The number of benzene rings is 1. The maximum Gasteiger partial charge on any atom is 0.259 e. The Balaban J connectivity index is 2.01. The number of hydrogen-bond acceptors (Lipinski definition) is 4. The zero-order chi connectivity index (χ0) is 12.4. The molecule has 1 amide bonds. The highest BCUT2D eigenvalue weighted by molar-refractivity contribution is 5.99. The number of methoxy groups -OCH3 is 1. The Kier molecular flexibility index (Phi) is 3.19. The molecule has 0 atom stereocenters. The molecule has 1 aliphatic carbocycles. The van der Waals surface area contributed by atoms with E-state index in [0.717, 1.165) is 12.8 Å². The predicted molar refractivity (Wildman–Crippen MR) is 61.1 cm³/mol. The molecule has 17 heavy (non-hydrogen) atoms. The van der Waals surface area contributed by atoms with E-state index < -0.39 is 5.91 Å². The highest BCUT2D eigenvalue weighted by Crippen LogP contribution is 2.28. The standard InChI is InChI=1S/C12H15NO4/c1-17-8-5-7(6-8)13-12(16)11-9(14)3-2-4-10(11)15/h2-4,7-8,14-15H,5-6H2,1H3,(H,13,16). The normalized spacial score (nSPS) is 22.9. The summed E-state index contributed by atoms with van der Waals surface area (Å²) in [6.07, 6.45) is 1.71. The molecule has 0 spiro atoms. The number of carbonyl (C=O) groups is 1. The Morgan fingerprint density at radius 3 is 2.47 bits per heavy atom. The van der Waals surface area contributed by atoms with Crippen LogP contribution in [0.3, 0.4) is 0 Å². The summed E-state index contributed by atoms with van der Waals surface area (Å²) in [6.45, 7) is 0. The van der Waals surface area contributed by atoms with Gasteiger partial charge in [0.1, 0.15) is 17.1 Å². The van der Waals surface area contributed by atoms with Gasteiger partial charge in [0.25, 0.3) is 5.91 Å². The molecule has 5 heteroatoms. The van der Waals surface area contributed by atoms with Crippen molar-refractivity contribution in [2.24, 2.45) is 0 Å². The van der Waals surface area contributed by atoms with E-state index in [2.05, 4.69) is 5.32 Å². The molecule has 0 radical (unpaired) electrons. The first kappa shape index (κ1) is 11.7. The van der Waals surface area contributed by atoms with E-state index in [1.807, 2.05) is 0 Å². The monoisotopic (exact) mass is 237 g/mol. The van der Waals surface area contributed by atoms with E-state index in [1.54, 1.807) is 7.11 Å². The topological polar surface area (TPSA) is 78.8 Å². The first-order valence-corrected chi connectivity index (χ1v) is 5.46. The van der Waals surface area contributed by atoms with E-state index in [4.69, 9.17) is 4.74 Å². The van der Waals surface area contributed by atoms with Crippen LogP contribution in [0.1, 0.15) is 23.2 Å². The van der Waals surface area contributed by atoms with Crippen molar-refractivity contribution in [3.63, 3.8) is 0 Å². The van der Waals surface area contributed by atoms with Crippen LogP contribution < -0.4 is 5.32 Å². The van der Waals surface area contributed by atoms with Gasteiger partial charge in [0.2, 0.25) is 0 Å². The lowest BCUT2D eigenvalue weighted by molar-refractivity contribution is 0.0175. The van der Waals surface area contributed by atoms with Gasteiger partial charge >= 0.3 is 0 Å². The van der Waals surface area contributed by atoms with Gasteiger partial charge in [0.15, 0.2) is 0 Å². The predicted octanol–water partition coefficient (Wildman–Crippen LogP) is 1.00. The van der Waals surface area contributed by atoms with E-state index >= 15 is 0 Å². The number of amides is 1. The van der Waals surface area contributed by atoms with Crippen LogP contribution in [-0.2, 0) is 4.74 Å². The zero-order valence-corrected chi connectivity index (χ0v) is 9.51. The van der Waals surface area contributed by atoms with E-state index in [0.29, 0.717) is 0 Å². The molecule has 1 saturated carbocycles. The zero-order valence-electron chi connectivity index (χ0n) is 9.51. The Hall–Kier alpha value is -1.75. The molecule has 0 aromatic heterocycles. The van der Waals surface area contributed by atoms with E-state index in [9.17, 15) is 15.0 Å². The molecule has 0 bridgehead atoms. The summed E-state index contributed by atoms with van der Waals surface area (Å²) in [7, 11) is 1.64. The van der Waals surface area contributed by atoms with Crippen molar-refractivity contribution in [3.05, 3.63) is 23.8 Å². The highest BCUT2D eigenvalue weighted by Gasteiger charge is 2.31. The van der Waals surface area contributed by atoms with Crippen LogP contribution in [0.2, 0.25) is 0 Å². The van der Waals surface area contributed by atoms with E-state index in [1.165, 1.54) is 18.2 Å². The van der Waals surface area contributed by atoms with Gasteiger partial charge in [0, 0.05) is 13.2 Å². The van der Waals surface area contributed by atoms with Gasteiger partial charge in [-0.1, -0.05) is 6.07 Å². The number of nitrogens with one attached hydrogen (secondary N) is 1. The smallest absolute Gasteiger partial charge is 0.259 e. The summed E-state index contributed by atoms with van der Waals surface area (Å²) >= 11 is 0. The maximum absolute atomic E-state index is 11.8. The van der Waals surface area contributed by atoms with Gasteiger partial charge in [-0.25, -0.2) is 0 Å². The van der Waals surface area contributed by atoms with Gasteiger partial charge in [-0.3, -0.25) is 4.79 Å². The van der Waals surface area contributed by atoms with Gasteiger partial charge in [-0.2, -0.15) is 0 Å². The third kappa shape index (κ3) is 2.34. The fourth-order valence-electron chi connectivity index (χ4n) is 1.89. The molecule has 1 aromatic rings. The molecular formula is C12H15NO4. The van der Waals surface area contributed by atoms with Crippen LogP contribution in [0.4, 0.5) is 0 Å². The number of phenols is 2. The molecule has 92 valence electrons. The Bertz CT molecular complexity index is 406. The first-order valence-electron chi connectivity index (χ1n) is 5.46. The quantitative estimate of drug-likeness (QED) is 0.733. The number of phenolic OH excluding ortho intramolecular Hbond substituents is 2. The fraction of sp³-hybridized carbons (Fsp3) is 0.417. The van der Waals surface area contributed by atoms with Crippen LogP contribution >= 0.6 is 0 Å². The van der Waals surface area contributed by atoms with Crippen LogP contribution in [-0.4, -0.2) is 35.4 Å². The lowest BCUT2D eigenvalue weighted by Crippen LogP contribution is -2.47. The average Bonchev–Trinajstić information content (AvgIpc) is 2.22. The Morgan fingerprint density at radius 2 is 1.94 bits per heavy atom. The molecule has 0 aliphatic heterocycles. The molecule has 3 N–H and O–H groups in total. The summed E-state index contributed by atoms with van der Waals surface area (Å²) < 4.78 is 5.10. The fourth-order valence-corrected chi connectivity index (χ4v) is 1.89. The minimum Gasteiger partial charge on any atom is -0.507 e. The van der Waals surface area contributed by atoms with Crippen LogP contribution in [0.5, 0.6) is 11.5 Å². The molecule has 0 heterocycles. The minimum atomic E-state index is -0.458. The third-order valence-electron chi connectivity index (χ3n) is 3.01. The number of ether oxygens (including phenoxy) is 1. The van der Waals surface area contributed by atoms with Gasteiger partial charge in [-0.05, 0) is 25.0 Å². The summed E-state index contributed by atoms with van der Waals surface area (Å²) in [4.78, 5) is 11.8. The maximum atomic E-state index is 11.8. The molecule has 1 fully saturated rings. The molecular weight excluding hydrogens is 222 g/mol. The van der Waals surface area contributed by atoms with Crippen molar-refractivity contribution >= 4 is 5.91 Å². The number of carbonyl (C=O) groups excluding carboxylic acids is 1. The molecule has 0 saturated heterocycles. The van der Waals surface area contributed by atoms with Crippen LogP contribution in [0.15, 0.2) is 18.2 Å². The highest BCUT2D eigenvalue weighted by atomic mass is 16.5. The summed E-state index contributed by atoms with van der Waals surface area (Å²) in [6, 6.07) is 4.26. The molecule has 0 unspecified atom stereocenters.